The van der Waals surface area contributed by atoms with Gasteiger partial charge in [0.05, 0.1) is 11.0 Å². The molecule has 0 fully saturated rings. The van der Waals surface area contributed by atoms with Gasteiger partial charge >= 0.3 is 5.69 Å². The van der Waals surface area contributed by atoms with Gasteiger partial charge in [0.1, 0.15) is 0 Å². The average Bonchev–Trinajstić information content (AvgIpc) is 3.64. The molecule has 3 aromatic heterocycles. The average molecular weight is 652 g/mol. The molecule has 0 spiro atoms. The quantitative estimate of drug-likeness (QED) is 0.186. The Bertz CT molecular complexity index is 2760. The summed E-state index contributed by atoms with van der Waals surface area (Å²) in [5.74, 6) is 1.82. The van der Waals surface area contributed by atoms with Crippen molar-refractivity contribution < 1.29 is 0 Å². The van der Waals surface area contributed by atoms with E-state index in [4.69, 9.17) is 15.0 Å². The zero-order valence-corrected chi connectivity index (χ0v) is 27.6. The van der Waals surface area contributed by atoms with E-state index in [0.717, 1.165) is 44.4 Å². The lowest BCUT2D eigenvalue weighted by Gasteiger charge is -2.10. The van der Waals surface area contributed by atoms with Crippen molar-refractivity contribution in [3.63, 3.8) is 0 Å². The Labute approximate surface area is 286 Å². The van der Waals surface area contributed by atoms with Crippen molar-refractivity contribution >= 4 is 42.5 Å². The molecule has 0 amide bonds. The van der Waals surface area contributed by atoms with Crippen LogP contribution < -0.4 is 5.69 Å². The van der Waals surface area contributed by atoms with Crippen LogP contribution in [0.4, 0.5) is 0 Å². The number of aryl methyl sites for hydroxylation is 2. The van der Waals surface area contributed by atoms with E-state index >= 15 is 0 Å². The number of hydrogen-bond donors (Lipinski definition) is 0. The summed E-state index contributed by atoms with van der Waals surface area (Å²) >= 11 is 1.83. The zero-order valence-electron chi connectivity index (χ0n) is 26.8. The number of aromatic nitrogens is 5. The first-order chi connectivity index (χ1) is 24.0. The Morgan fingerprint density at radius 1 is 0.429 bits per heavy atom. The van der Waals surface area contributed by atoms with Gasteiger partial charge in [-0.2, -0.15) is 0 Å². The van der Waals surface area contributed by atoms with Gasteiger partial charge in [0.15, 0.2) is 17.5 Å². The number of hydrogen-bond acceptors (Lipinski definition) is 5. The lowest BCUT2D eigenvalue weighted by atomic mass is 10.0. The van der Waals surface area contributed by atoms with Crippen molar-refractivity contribution in [2.75, 3.05) is 0 Å². The fourth-order valence-electron chi connectivity index (χ4n) is 6.59. The van der Waals surface area contributed by atoms with E-state index in [1.54, 1.807) is 23.2 Å². The van der Waals surface area contributed by atoms with Crippen LogP contribution in [0.25, 0.3) is 87.6 Å². The molecule has 6 nitrogen and oxygen atoms in total. The lowest BCUT2D eigenvalue weighted by molar-refractivity contribution is 0.795. The fourth-order valence-corrected chi connectivity index (χ4v) is 7.74. The summed E-state index contributed by atoms with van der Waals surface area (Å²) in [6, 6.07) is 48.1. The maximum atomic E-state index is 12.5. The van der Waals surface area contributed by atoms with Crippen LogP contribution in [0.5, 0.6) is 0 Å². The Morgan fingerprint density at radius 2 is 0.959 bits per heavy atom. The first kappa shape index (κ1) is 29.0. The molecule has 0 aliphatic carbocycles. The van der Waals surface area contributed by atoms with E-state index in [0.29, 0.717) is 17.5 Å². The van der Waals surface area contributed by atoms with Gasteiger partial charge in [-0.1, -0.05) is 109 Å². The van der Waals surface area contributed by atoms with Crippen LogP contribution in [0.15, 0.2) is 144 Å². The Hall–Kier alpha value is -6.18. The van der Waals surface area contributed by atoms with Crippen molar-refractivity contribution in [2.45, 2.75) is 0 Å². The second kappa shape index (κ2) is 11.5. The lowest BCUT2D eigenvalue weighted by Crippen LogP contribution is -2.19. The number of thiophene rings is 1. The number of benzene rings is 6. The molecule has 0 aliphatic rings. The molecule has 49 heavy (non-hydrogen) atoms. The minimum atomic E-state index is -0.0441. The van der Waals surface area contributed by atoms with Crippen LogP contribution in [0, 0.1) is 0 Å². The molecule has 0 radical (unpaired) electrons. The van der Waals surface area contributed by atoms with E-state index in [9.17, 15) is 4.79 Å². The molecular formula is C42H29N5OS. The smallest absolute Gasteiger partial charge is 0.295 e. The van der Waals surface area contributed by atoms with Crippen LogP contribution in [-0.2, 0) is 14.1 Å². The highest BCUT2D eigenvalue weighted by atomic mass is 32.1. The molecule has 0 saturated heterocycles. The third-order valence-electron chi connectivity index (χ3n) is 9.25. The summed E-state index contributed by atoms with van der Waals surface area (Å²) in [7, 11) is 3.60. The van der Waals surface area contributed by atoms with Gasteiger partial charge in [-0.3, -0.25) is 9.13 Å². The fraction of sp³-hybridized carbons (Fsp3) is 0.0476. The third-order valence-corrected chi connectivity index (χ3v) is 10.4. The second-order valence-electron chi connectivity index (χ2n) is 12.2. The molecule has 9 aromatic rings. The van der Waals surface area contributed by atoms with E-state index in [1.165, 1.54) is 25.7 Å². The molecule has 0 bridgehead atoms. The van der Waals surface area contributed by atoms with E-state index in [2.05, 4.69) is 91.0 Å². The van der Waals surface area contributed by atoms with Crippen LogP contribution in [0.1, 0.15) is 0 Å². The molecule has 3 heterocycles. The normalized spacial score (nSPS) is 11.6. The highest BCUT2D eigenvalue weighted by molar-refractivity contribution is 7.25. The highest BCUT2D eigenvalue weighted by Gasteiger charge is 2.15. The van der Waals surface area contributed by atoms with E-state index < -0.39 is 0 Å². The van der Waals surface area contributed by atoms with E-state index in [1.807, 2.05) is 59.9 Å². The Kier molecular flexibility index (Phi) is 6.81. The van der Waals surface area contributed by atoms with Crippen molar-refractivity contribution in [1.29, 1.82) is 0 Å². The van der Waals surface area contributed by atoms with Crippen molar-refractivity contribution in [1.82, 2.24) is 24.1 Å². The number of imidazole rings is 1. The summed E-state index contributed by atoms with van der Waals surface area (Å²) < 4.78 is 5.94. The highest BCUT2D eigenvalue weighted by Crippen LogP contribution is 2.37. The zero-order chi connectivity index (χ0) is 33.1. The van der Waals surface area contributed by atoms with Gasteiger partial charge in [0.2, 0.25) is 0 Å². The SMILES string of the molecule is Cn1c(=O)n(C)c2cc(-c3cccc(-c4nc(-c5ccccc5)nc(-c5ccc(-c6ccc7c(c6)sc6ccccc67)cc5)n4)c3)ccc21. The van der Waals surface area contributed by atoms with Crippen molar-refractivity contribution in [2.24, 2.45) is 14.1 Å². The summed E-state index contributed by atoms with van der Waals surface area (Å²) in [5, 5.41) is 2.60. The first-order valence-electron chi connectivity index (χ1n) is 16.1. The summed E-state index contributed by atoms with van der Waals surface area (Å²) in [5.41, 5.74) is 8.80. The molecule has 0 saturated carbocycles. The molecule has 0 unspecified atom stereocenters. The molecule has 0 aliphatic heterocycles. The second-order valence-corrected chi connectivity index (χ2v) is 13.3. The summed E-state index contributed by atoms with van der Waals surface area (Å²) in [4.78, 5) is 27.5. The van der Waals surface area contributed by atoms with Gasteiger partial charge in [-0.05, 0) is 52.6 Å². The van der Waals surface area contributed by atoms with Crippen molar-refractivity contribution in [3.05, 3.63) is 150 Å². The van der Waals surface area contributed by atoms with Crippen LogP contribution in [0.2, 0.25) is 0 Å². The van der Waals surface area contributed by atoms with Crippen molar-refractivity contribution in [3.8, 4) is 56.4 Å². The number of nitrogens with zero attached hydrogens (tertiary/aromatic N) is 5. The maximum absolute atomic E-state index is 12.5. The first-order valence-corrected chi connectivity index (χ1v) is 16.9. The minimum Gasteiger partial charge on any atom is -0.295 e. The molecule has 0 N–H and O–H groups in total. The Morgan fingerprint density at radius 3 is 1.76 bits per heavy atom. The van der Waals surface area contributed by atoms with Gasteiger partial charge in [-0.15, -0.1) is 11.3 Å². The Balaban J connectivity index is 1.11. The predicted molar refractivity (Wildman–Crippen MR) is 202 cm³/mol. The molecule has 7 heteroatoms. The summed E-state index contributed by atoms with van der Waals surface area (Å²) in [6.07, 6.45) is 0. The van der Waals surface area contributed by atoms with Gasteiger partial charge < -0.3 is 0 Å². The van der Waals surface area contributed by atoms with Gasteiger partial charge in [0, 0.05) is 51.0 Å². The third kappa shape index (κ3) is 5.03. The van der Waals surface area contributed by atoms with Crippen LogP contribution in [-0.4, -0.2) is 24.1 Å². The molecular weight excluding hydrogens is 623 g/mol. The molecule has 6 aromatic carbocycles. The van der Waals surface area contributed by atoms with Gasteiger partial charge in [-0.25, -0.2) is 19.7 Å². The molecule has 0 atom stereocenters. The minimum absolute atomic E-state index is 0.0441. The number of fused-ring (bicyclic) bond motifs is 4. The standard InChI is InChI=1S/C42H29N5OS/c1-46-35-22-20-30(24-36(35)47(2)42(46)48)29-11-8-12-32(23-29)41-44-39(27-9-4-3-5-10-27)43-40(45-41)28-17-15-26(16-18-28)31-19-21-34-33-13-6-7-14-37(33)49-38(34)25-31/h3-25H,1-2H3. The monoisotopic (exact) mass is 651 g/mol. The van der Waals surface area contributed by atoms with Crippen LogP contribution >= 0.6 is 11.3 Å². The van der Waals surface area contributed by atoms with Crippen LogP contribution in [0.3, 0.4) is 0 Å². The molecule has 234 valence electrons. The molecule has 9 rings (SSSR count). The van der Waals surface area contributed by atoms with E-state index in [-0.39, 0.29) is 5.69 Å². The maximum Gasteiger partial charge on any atom is 0.328 e. The number of rotatable bonds is 5. The summed E-state index contributed by atoms with van der Waals surface area (Å²) in [6.45, 7) is 0. The largest absolute Gasteiger partial charge is 0.328 e. The topological polar surface area (TPSA) is 65.6 Å². The van der Waals surface area contributed by atoms with Gasteiger partial charge in [0.25, 0.3) is 0 Å². The predicted octanol–water partition coefficient (Wildman–Crippen LogP) is 9.76.